The van der Waals surface area contributed by atoms with Gasteiger partial charge in [-0.05, 0) is 25.3 Å². The number of nitrogens with one attached hydrogen (secondary N) is 1. The Bertz CT molecular complexity index is 760. The van der Waals surface area contributed by atoms with Gasteiger partial charge in [-0.3, -0.25) is 20.4 Å². The third kappa shape index (κ3) is 3.30. The average Bonchev–Trinajstić information content (AvgIpc) is 2.54. The molecule has 1 aliphatic heterocycles. The van der Waals surface area contributed by atoms with Crippen molar-refractivity contribution < 1.29 is 23.6 Å². The molecule has 2 aliphatic rings. The summed E-state index contributed by atoms with van der Waals surface area (Å²) < 4.78 is 28.4. The molecule has 1 aromatic rings. The fourth-order valence-corrected chi connectivity index (χ4v) is 4.64. The summed E-state index contributed by atoms with van der Waals surface area (Å²) in [5.41, 5.74) is -1.47. The number of alkyl halides is 1. The van der Waals surface area contributed by atoms with Gasteiger partial charge in [0.1, 0.15) is 12.0 Å². The van der Waals surface area contributed by atoms with Gasteiger partial charge in [-0.2, -0.15) is 0 Å². The molecule has 10 heteroatoms. The van der Waals surface area contributed by atoms with E-state index in [0.717, 1.165) is 30.0 Å². The zero-order chi connectivity index (χ0) is 18.2. The van der Waals surface area contributed by atoms with Crippen molar-refractivity contribution in [1.29, 1.82) is 0 Å². The largest absolute Gasteiger partial charge is 0.465 e. The van der Waals surface area contributed by atoms with Crippen molar-refractivity contribution in [1.82, 2.24) is 5.32 Å². The lowest BCUT2D eigenvalue weighted by molar-refractivity contribution is -0.385. The zero-order valence-electron chi connectivity index (χ0n) is 12.9. The number of amidine groups is 1. The van der Waals surface area contributed by atoms with Gasteiger partial charge in [0.15, 0.2) is 5.17 Å². The van der Waals surface area contributed by atoms with Crippen LogP contribution in [-0.2, 0) is 5.54 Å². The summed E-state index contributed by atoms with van der Waals surface area (Å²) in [4.78, 5) is 25.7. The van der Waals surface area contributed by atoms with Crippen LogP contribution in [0.1, 0.15) is 24.8 Å². The lowest BCUT2D eigenvalue weighted by Crippen LogP contribution is -2.46. The minimum atomic E-state index is -1.31. The summed E-state index contributed by atoms with van der Waals surface area (Å²) in [5.74, 6) is -0.697. The second kappa shape index (κ2) is 6.58. The Morgan fingerprint density at radius 2 is 2.28 bits per heavy atom. The van der Waals surface area contributed by atoms with Gasteiger partial charge in [-0.1, -0.05) is 11.8 Å². The number of fused-ring (bicyclic) bond motifs is 1. The Balaban J connectivity index is 2.13. The van der Waals surface area contributed by atoms with Gasteiger partial charge in [0.05, 0.1) is 10.5 Å². The highest BCUT2D eigenvalue weighted by atomic mass is 32.2. The lowest BCUT2D eigenvalue weighted by atomic mass is 9.69. The number of rotatable bonds is 2. The van der Waals surface area contributed by atoms with Gasteiger partial charge in [-0.25, -0.2) is 13.6 Å². The molecule has 1 aromatic carbocycles. The van der Waals surface area contributed by atoms with Gasteiger partial charge in [0, 0.05) is 29.4 Å². The van der Waals surface area contributed by atoms with Crippen LogP contribution in [0.2, 0.25) is 0 Å². The van der Waals surface area contributed by atoms with Crippen molar-refractivity contribution in [3.8, 4) is 0 Å². The predicted octanol–water partition coefficient (Wildman–Crippen LogP) is 3.44. The minimum Gasteiger partial charge on any atom is -0.465 e. The van der Waals surface area contributed by atoms with Gasteiger partial charge < -0.3 is 5.11 Å². The van der Waals surface area contributed by atoms with E-state index in [-0.39, 0.29) is 41.6 Å². The number of hydrogen-bond donors (Lipinski definition) is 2. The van der Waals surface area contributed by atoms with Crippen LogP contribution in [-0.4, -0.2) is 33.2 Å². The number of benzene rings is 1. The summed E-state index contributed by atoms with van der Waals surface area (Å²) in [6, 6.07) is 3.18. The van der Waals surface area contributed by atoms with Crippen LogP contribution in [0.25, 0.3) is 0 Å². The highest BCUT2D eigenvalue weighted by molar-refractivity contribution is 8.13. The Hall–Kier alpha value is -2.23. The van der Waals surface area contributed by atoms with E-state index in [1.165, 1.54) is 0 Å². The molecule has 0 spiro atoms. The first-order valence-electron chi connectivity index (χ1n) is 7.63. The smallest absolute Gasteiger partial charge is 0.410 e. The molecular formula is C15H15F2N3O4S. The molecule has 0 bridgehead atoms. The highest BCUT2D eigenvalue weighted by Gasteiger charge is 2.49. The summed E-state index contributed by atoms with van der Waals surface area (Å²) in [5, 5.41) is 22.2. The standard InChI is InChI=1S/C15H15F2N3O4S/c16-9-3-4-15(11-6-10(20(23)24)1-2-12(11)17)8(5-9)7-25-13(19-15)18-14(21)22/h1-2,6,8-9H,3-5,7H2,(H,18,19)(H,21,22)/t8?,9?,15-/m0/s1. The number of non-ortho nitro benzene ring substituents is 1. The maximum absolute atomic E-state index is 14.5. The average molecular weight is 371 g/mol. The molecule has 25 heavy (non-hydrogen) atoms. The maximum atomic E-state index is 14.5. The number of nitro benzene ring substituents is 1. The number of halogens is 2. The lowest BCUT2D eigenvalue weighted by Gasteiger charge is -2.45. The van der Waals surface area contributed by atoms with E-state index in [1.54, 1.807) is 0 Å². The fraction of sp³-hybridized carbons (Fsp3) is 0.467. The minimum absolute atomic E-state index is 0.0172. The van der Waals surface area contributed by atoms with Crippen LogP contribution in [0, 0.1) is 21.8 Å². The summed E-state index contributed by atoms with van der Waals surface area (Å²) in [7, 11) is 0. The van der Waals surface area contributed by atoms with E-state index in [1.807, 2.05) is 0 Å². The molecule has 1 saturated carbocycles. The first kappa shape index (κ1) is 17.6. The third-order valence-corrected chi connectivity index (χ3v) is 5.65. The van der Waals surface area contributed by atoms with Crippen molar-refractivity contribution in [3.05, 3.63) is 39.7 Å². The van der Waals surface area contributed by atoms with Gasteiger partial charge in [0.25, 0.3) is 5.69 Å². The van der Waals surface area contributed by atoms with E-state index in [9.17, 15) is 23.7 Å². The molecule has 2 N–H and O–H groups in total. The van der Waals surface area contributed by atoms with E-state index >= 15 is 0 Å². The molecule has 1 fully saturated rings. The van der Waals surface area contributed by atoms with Gasteiger partial charge >= 0.3 is 6.09 Å². The third-order valence-electron chi connectivity index (χ3n) is 4.62. The molecule has 1 heterocycles. The summed E-state index contributed by atoms with van der Waals surface area (Å²) in [6.45, 7) is 0. The fourth-order valence-electron chi connectivity index (χ4n) is 3.48. The van der Waals surface area contributed by atoms with Crippen LogP contribution in [0.3, 0.4) is 0 Å². The Labute approximate surface area is 145 Å². The Morgan fingerprint density at radius 3 is 2.96 bits per heavy atom. The van der Waals surface area contributed by atoms with Crippen molar-refractivity contribution in [2.45, 2.75) is 31.0 Å². The summed E-state index contributed by atoms with van der Waals surface area (Å²) >= 11 is 1.12. The number of nitrogens with zero attached hydrogens (tertiary/aromatic N) is 2. The van der Waals surface area contributed by atoms with Crippen LogP contribution in [0.4, 0.5) is 19.3 Å². The van der Waals surface area contributed by atoms with Crippen LogP contribution >= 0.6 is 11.8 Å². The van der Waals surface area contributed by atoms with Crippen LogP contribution in [0.5, 0.6) is 0 Å². The highest BCUT2D eigenvalue weighted by Crippen LogP contribution is 2.50. The number of carbonyl (C=O) groups is 1. The molecule has 0 saturated heterocycles. The van der Waals surface area contributed by atoms with Gasteiger partial charge in [-0.15, -0.1) is 0 Å². The number of carboxylic acid groups (broad SMARTS) is 1. The number of nitro groups is 1. The van der Waals surface area contributed by atoms with Crippen molar-refractivity contribution in [3.63, 3.8) is 0 Å². The quantitative estimate of drug-likeness (QED) is 0.612. The van der Waals surface area contributed by atoms with Crippen molar-refractivity contribution in [2.24, 2.45) is 10.9 Å². The molecule has 1 aliphatic carbocycles. The normalized spacial score (nSPS) is 28.6. The first-order chi connectivity index (χ1) is 11.8. The Morgan fingerprint density at radius 1 is 1.52 bits per heavy atom. The molecule has 3 atom stereocenters. The SMILES string of the molecule is O=C(O)NC1=N[C@@]2(c3cc([N+](=O)[O-])ccc3F)CCC(F)CC2CS1. The molecule has 3 rings (SSSR count). The van der Waals surface area contributed by atoms with E-state index in [0.29, 0.717) is 5.75 Å². The molecule has 1 amide bonds. The predicted molar refractivity (Wildman–Crippen MR) is 88.0 cm³/mol. The molecule has 0 aromatic heterocycles. The Kier molecular flexibility index (Phi) is 4.63. The molecule has 2 unspecified atom stereocenters. The first-order valence-corrected chi connectivity index (χ1v) is 8.61. The second-order valence-electron chi connectivity index (χ2n) is 6.07. The number of amides is 1. The van der Waals surface area contributed by atoms with E-state index in [2.05, 4.69) is 10.3 Å². The number of aliphatic imine (C=N–C) groups is 1. The van der Waals surface area contributed by atoms with Crippen molar-refractivity contribution >= 4 is 28.7 Å². The number of hydrogen-bond acceptors (Lipinski definition) is 5. The zero-order valence-corrected chi connectivity index (χ0v) is 13.8. The monoisotopic (exact) mass is 371 g/mol. The topological polar surface area (TPSA) is 105 Å². The molecule has 0 radical (unpaired) electrons. The van der Waals surface area contributed by atoms with Gasteiger partial charge in [0.2, 0.25) is 0 Å². The second-order valence-corrected chi connectivity index (χ2v) is 7.08. The molecule has 134 valence electrons. The molecule has 7 nitrogen and oxygen atoms in total. The van der Waals surface area contributed by atoms with E-state index < -0.39 is 28.5 Å². The summed E-state index contributed by atoms with van der Waals surface area (Å²) in [6.07, 6.45) is -1.92. The van der Waals surface area contributed by atoms with Crippen LogP contribution in [0.15, 0.2) is 23.2 Å². The molecular weight excluding hydrogens is 356 g/mol. The van der Waals surface area contributed by atoms with E-state index in [4.69, 9.17) is 5.11 Å². The number of thioether (sulfide) groups is 1. The van der Waals surface area contributed by atoms with Crippen molar-refractivity contribution in [2.75, 3.05) is 5.75 Å². The maximum Gasteiger partial charge on any atom is 0.410 e. The van der Waals surface area contributed by atoms with Crippen LogP contribution < -0.4 is 5.32 Å².